The van der Waals surface area contributed by atoms with Gasteiger partial charge in [0.25, 0.3) is 0 Å². The number of hydrogen-bond donors (Lipinski definition) is 2. The Balaban J connectivity index is 2.22. The van der Waals surface area contributed by atoms with Crippen LogP contribution in [-0.4, -0.2) is 55.3 Å². The molecule has 5 nitrogen and oxygen atoms in total. The molecule has 1 aromatic carbocycles. The van der Waals surface area contributed by atoms with Crippen LogP contribution in [0.25, 0.3) is 0 Å². The molecule has 1 unspecified atom stereocenters. The van der Waals surface area contributed by atoms with Gasteiger partial charge in [-0.3, -0.25) is 0 Å². The molecule has 5 heteroatoms. The summed E-state index contributed by atoms with van der Waals surface area (Å²) in [6.07, 6.45) is 1.14. The summed E-state index contributed by atoms with van der Waals surface area (Å²) >= 11 is 0. The molecule has 0 aliphatic carbocycles. The lowest BCUT2D eigenvalue weighted by molar-refractivity contribution is 0.0692. The third-order valence-electron chi connectivity index (χ3n) is 3.64. The van der Waals surface area contributed by atoms with Crippen LogP contribution < -0.4 is 10.1 Å². The van der Waals surface area contributed by atoms with Crippen LogP contribution in [0.3, 0.4) is 0 Å². The molecule has 0 saturated carbocycles. The Morgan fingerprint density at radius 1 is 1.38 bits per heavy atom. The quantitative estimate of drug-likeness (QED) is 0.647. The maximum Gasteiger partial charge on any atom is 0.339 e. The molecule has 21 heavy (non-hydrogen) atoms. The number of rotatable bonds is 10. The monoisotopic (exact) mass is 294 g/mol. The number of carbonyl (C=O) groups is 1. The van der Waals surface area contributed by atoms with Gasteiger partial charge in [0.1, 0.15) is 17.9 Å². The van der Waals surface area contributed by atoms with Gasteiger partial charge in [-0.2, -0.15) is 0 Å². The first-order valence-corrected chi connectivity index (χ1v) is 7.42. The molecule has 0 fully saturated rings. The zero-order valence-corrected chi connectivity index (χ0v) is 13.1. The van der Waals surface area contributed by atoms with Crippen molar-refractivity contribution in [1.29, 1.82) is 0 Å². The first kappa shape index (κ1) is 17.5. The van der Waals surface area contributed by atoms with Crippen molar-refractivity contribution < 1.29 is 14.6 Å². The van der Waals surface area contributed by atoms with E-state index in [2.05, 4.69) is 31.1 Å². The zero-order chi connectivity index (χ0) is 15.7. The minimum Gasteiger partial charge on any atom is -0.491 e. The summed E-state index contributed by atoms with van der Waals surface area (Å²) in [6.45, 7) is 7.43. The summed E-state index contributed by atoms with van der Waals surface area (Å²) in [6, 6.07) is 7.28. The highest BCUT2D eigenvalue weighted by Crippen LogP contribution is 2.17. The van der Waals surface area contributed by atoms with Crippen LogP contribution >= 0.6 is 0 Å². The molecular weight excluding hydrogens is 268 g/mol. The Kier molecular flexibility index (Phi) is 7.79. The third-order valence-corrected chi connectivity index (χ3v) is 3.64. The van der Waals surface area contributed by atoms with Gasteiger partial charge in [0.15, 0.2) is 0 Å². The minimum atomic E-state index is -0.964. The number of para-hydroxylation sites is 1. The molecule has 0 spiro atoms. The van der Waals surface area contributed by atoms with Crippen LogP contribution in [-0.2, 0) is 0 Å². The lowest BCUT2D eigenvalue weighted by Gasteiger charge is -2.23. The van der Waals surface area contributed by atoms with Crippen LogP contribution in [0.2, 0.25) is 0 Å². The van der Waals surface area contributed by atoms with Crippen LogP contribution in [0.1, 0.15) is 30.6 Å². The second kappa shape index (κ2) is 9.37. The molecule has 0 amide bonds. The molecule has 2 N–H and O–H groups in total. The van der Waals surface area contributed by atoms with Gasteiger partial charge in [-0.05, 0) is 32.5 Å². The predicted molar refractivity (Wildman–Crippen MR) is 84.1 cm³/mol. The average molecular weight is 294 g/mol. The Morgan fingerprint density at radius 3 is 2.76 bits per heavy atom. The summed E-state index contributed by atoms with van der Waals surface area (Å²) in [5, 5.41) is 12.3. The number of nitrogens with zero attached hydrogens (tertiary/aromatic N) is 1. The Hall–Kier alpha value is -1.59. The normalized spacial score (nSPS) is 12.4. The van der Waals surface area contributed by atoms with Gasteiger partial charge in [0.05, 0.1) is 0 Å². The maximum absolute atomic E-state index is 11.0. The summed E-state index contributed by atoms with van der Waals surface area (Å²) in [4.78, 5) is 13.3. The van der Waals surface area contributed by atoms with E-state index < -0.39 is 5.97 Å². The molecule has 0 bridgehead atoms. The highest BCUT2D eigenvalue weighted by Gasteiger charge is 2.09. The fourth-order valence-corrected chi connectivity index (χ4v) is 1.91. The zero-order valence-electron chi connectivity index (χ0n) is 13.1. The predicted octanol–water partition coefficient (Wildman–Crippen LogP) is 2.08. The SMILES string of the molecule is CCC(C)N(C)CCNCCOc1ccccc1C(=O)O. The summed E-state index contributed by atoms with van der Waals surface area (Å²) < 4.78 is 5.52. The summed E-state index contributed by atoms with van der Waals surface area (Å²) in [5.41, 5.74) is 0.203. The molecule has 1 atom stereocenters. The van der Waals surface area contributed by atoms with Gasteiger partial charge in [0.2, 0.25) is 0 Å². The molecule has 1 aromatic rings. The van der Waals surface area contributed by atoms with Crippen LogP contribution in [0.15, 0.2) is 24.3 Å². The largest absolute Gasteiger partial charge is 0.491 e. The topological polar surface area (TPSA) is 61.8 Å². The average Bonchev–Trinajstić information content (AvgIpc) is 2.49. The third kappa shape index (κ3) is 6.14. The highest BCUT2D eigenvalue weighted by atomic mass is 16.5. The molecule has 0 saturated heterocycles. The summed E-state index contributed by atoms with van der Waals surface area (Å²) in [5.74, 6) is -0.544. The van der Waals surface area contributed by atoms with E-state index in [9.17, 15) is 4.79 Å². The van der Waals surface area contributed by atoms with E-state index in [0.717, 1.165) is 19.5 Å². The van der Waals surface area contributed by atoms with Crippen LogP contribution in [0, 0.1) is 0 Å². The number of ether oxygens (including phenoxy) is 1. The lowest BCUT2D eigenvalue weighted by Crippen LogP contribution is -2.36. The van der Waals surface area contributed by atoms with E-state index in [-0.39, 0.29) is 5.56 Å². The lowest BCUT2D eigenvalue weighted by atomic mass is 10.2. The van der Waals surface area contributed by atoms with Gasteiger partial charge in [-0.1, -0.05) is 19.1 Å². The van der Waals surface area contributed by atoms with Crippen molar-refractivity contribution in [3.05, 3.63) is 29.8 Å². The van der Waals surface area contributed by atoms with Crippen molar-refractivity contribution in [3.63, 3.8) is 0 Å². The smallest absolute Gasteiger partial charge is 0.339 e. The number of benzene rings is 1. The van der Waals surface area contributed by atoms with Gasteiger partial charge >= 0.3 is 5.97 Å². The second-order valence-corrected chi connectivity index (χ2v) is 5.14. The molecule has 0 aromatic heterocycles. The van der Waals surface area contributed by atoms with Gasteiger partial charge < -0.3 is 20.1 Å². The summed E-state index contributed by atoms with van der Waals surface area (Å²) in [7, 11) is 2.12. The molecule has 0 heterocycles. The van der Waals surface area contributed by atoms with Gasteiger partial charge in [-0.15, -0.1) is 0 Å². The first-order chi connectivity index (χ1) is 10.1. The van der Waals surface area contributed by atoms with Crippen molar-refractivity contribution >= 4 is 5.97 Å². The van der Waals surface area contributed by atoms with Crippen molar-refractivity contribution in [1.82, 2.24) is 10.2 Å². The highest BCUT2D eigenvalue weighted by molar-refractivity contribution is 5.90. The Morgan fingerprint density at radius 2 is 2.10 bits per heavy atom. The second-order valence-electron chi connectivity index (χ2n) is 5.14. The van der Waals surface area contributed by atoms with Crippen molar-refractivity contribution in [3.8, 4) is 5.75 Å². The number of nitrogens with one attached hydrogen (secondary N) is 1. The molecule has 118 valence electrons. The minimum absolute atomic E-state index is 0.203. The standard InChI is InChI=1S/C16H26N2O3/c1-4-13(2)18(3)11-9-17-10-12-21-15-8-6-5-7-14(15)16(19)20/h5-8,13,17H,4,9-12H2,1-3H3,(H,19,20). The molecule has 0 radical (unpaired) electrons. The van der Waals surface area contributed by atoms with Crippen LogP contribution in [0.4, 0.5) is 0 Å². The van der Waals surface area contributed by atoms with E-state index >= 15 is 0 Å². The Labute approximate surface area is 126 Å². The molecule has 0 aliphatic heterocycles. The van der Waals surface area contributed by atoms with E-state index in [1.54, 1.807) is 24.3 Å². The number of carboxylic acid groups (broad SMARTS) is 1. The fourth-order valence-electron chi connectivity index (χ4n) is 1.91. The number of likely N-dealkylation sites (N-methyl/N-ethyl adjacent to an activating group) is 1. The fraction of sp³-hybridized carbons (Fsp3) is 0.562. The van der Waals surface area contributed by atoms with Crippen molar-refractivity contribution in [2.24, 2.45) is 0 Å². The number of hydrogen-bond acceptors (Lipinski definition) is 4. The molecular formula is C16H26N2O3. The van der Waals surface area contributed by atoms with E-state index in [1.165, 1.54) is 0 Å². The number of aromatic carboxylic acids is 1. The number of carboxylic acids is 1. The van der Waals surface area contributed by atoms with Gasteiger partial charge in [-0.25, -0.2) is 4.79 Å². The van der Waals surface area contributed by atoms with Crippen LogP contribution in [0.5, 0.6) is 5.75 Å². The van der Waals surface area contributed by atoms with Gasteiger partial charge in [0, 0.05) is 25.7 Å². The Bertz CT molecular complexity index is 437. The van der Waals surface area contributed by atoms with E-state index in [1.807, 2.05) is 0 Å². The van der Waals surface area contributed by atoms with Crippen molar-refractivity contribution in [2.75, 3.05) is 33.3 Å². The van der Waals surface area contributed by atoms with E-state index in [0.29, 0.717) is 24.9 Å². The molecule has 0 aliphatic rings. The first-order valence-electron chi connectivity index (χ1n) is 7.42. The maximum atomic E-state index is 11.0. The van der Waals surface area contributed by atoms with E-state index in [4.69, 9.17) is 9.84 Å². The van der Waals surface area contributed by atoms with Crippen molar-refractivity contribution in [2.45, 2.75) is 26.3 Å². The molecule has 1 rings (SSSR count).